The quantitative estimate of drug-likeness (QED) is 0.503. The summed E-state index contributed by atoms with van der Waals surface area (Å²) in [6, 6.07) is 6.09. The lowest BCUT2D eigenvalue weighted by Gasteiger charge is -2.17. The Kier molecular flexibility index (Phi) is 8.19. The second kappa shape index (κ2) is 9.99. The highest BCUT2D eigenvalue weighted by Crippen LogP contribution is 2.15. The number of rotatable bonds is 8. The molecule has 3 N–H and O–H groups in total. The Morgan fingerprint density at radius 2 is 2.19 bits per heavy atom. The third-order valence-electron chi connectivity index (χ3n) is 2.76. The van der Waals surface area contributed by atoms with Crippen molar-refractivity contribution in [2.75, 3.05) is 26.2 Å². The first-order valence-electron chi connectivity index (χ1n) is 7.24. The molecular formula is C15H24FN3O2. The second-order valence-corrected chi connectivity index (χ2v) is 4.48. The zero-order valence-electron chi connectivity index (χ0n) is 12.6. The van der Waals surface area contributed by atoms with Crippen molar-refractivity contribution in [1.29, 1.82) is 0 Å². The van der Waals surface area contributed by atoms with Crippen LogP contribution < -0.4 is 15.4 Å². The number of hydrogen-bond acceptors (Lipinski definition) is 3. The molecule has 0 aliphatic rings. The Morgan fingerprint density at radius 1 is 1.38 bits per heavy atom. The van der Waals surface area contributed by atoms with E-state index in [0.717, 1.165) is 13.0 Å². The second-order valence-electron chi connectivity index (χ2n) is 4.48. The van der Waals surface area contributed by atoms with Gasteiger partial charge in [-0.25, -0.2) is 9.38 Å². The standard InChI is InChI=1S/C15H24FN3O2/c1-3-13(21-14-7-5-6-12(16)10-14)11-19-15(17-4-2)18-8-9-20/h5-7,10,13,20H,3-4,8-9,11H2,1-2H3,(H2,17,18,19). The van der Waals surface area contributed by atoms with Crippen molar-refractivity contribution in [3.05, 3.63) is 30.1 Å². The largest absolute Gasteiger partial charge is 0.488 e. The first-order valence-corrected chi connectivity index (χ1v) is 7.24. The van der Waals surface area contributed by atoms with Gasteiger partial charge < -0.3 is 20.5 Å². The van der Waals surface area contributed by atoms with Crippen molar-refractivity contribution in [2.45, 2.75) is 26.4 Å². The van der Waals surface area contributed by atoms with Crippen molar-refractivity contribution in [3.8, 4) is 5.75 Å². The predicted octanol–water partition coefficient (Wildman–Crippen LogP) is 1.53. The molecule has 0 bridgehead atoms. The molecule has 5 nitrogen and oxygen atoms in total. The van der Waals surface area contributed by atoms with Crippen LogP contribution in [0.2, 0.25) is 0 Å². The Bertz CT molecular complexity index is 441. The first-order chi connectivity index (χ1) is 10.2. The van der Waals surface area contributed by atoms with E-state index in [-0.39, 0.29) is 18.5 Å². The van der Waals surface area contributed by atoms with Crippen LogP contribution in [0.5, 0.6) is 5.75 Å². The summed E-state index contributed by atoms with van der Waals surface area (Å²) in [5.41, 5.74) is 0. The lowest BCUT2D eigenvalue weighted by atomic mass is 10.2. The molecule has 0 aromatic heterocycles. The molecule has 6 heteroatoms. The highest BCUT2D eigenvalue weighted by molar-refractivity contribution is 5.79. The van der Waals surface area contributed by atoms with Crippen LogP contribution in [0.1, 0.15) is 20.3 Å². The third-order valence-corrected chi connectivity index (χ3v) is 2.76. The number of guanidine groups is 1. The van der Waals surface area contributed by atoms with E-state index in [9.17, 15) is 4.39 Å². The molecule has 0 spiro atoms. The van der Waals surface area contributed by atoms with Crippen molar-refractivity contribution in [3.63, 3.8) is 0 Å². The van der Waals surface area contributed by atoms with Crippen LogP contribution in [0.25, 0.3) is 0 Å². The van der Waals surface area contributed by atoms with E-state index in [2.05, 4.69) is 15.6 Å². The summed E-state index contributed by atoms with van der Waals surface area (Å²) < 4.78 is 18.8. The molecule has 0 aliphatic heterocycles. The minimum atomic E-state index is -0.316. The van der Waals surface area contributed by atoms with E-state index in [0.29, 0.717) is 24.8 Å². The van der Waals surface area contributed by atoms with Gasteiger partial charge in [0.05, 0.1) is 13.2 Å². The lowest BCUT2D eigenvalue weighted by Crippen LogP contribution is -2.39. The van der Waals surface area contributed by atoms with E-state index in [1.807, 2.05) is 13.8 Å². The zero-order valence-corrected chi connectivity index (χ0v) is 12.6. The molecule has 0 aliphatic carbocycles. The summed E-state index contributed by atoms with van der Waals surface area (Å²) in [6.45, 7) is 5.63. The molecule has 21 heavy (non-hydrogen) atoms. The Balaban J connectivity index is 2.58. The minimum Gasteiger partial charge on any atom is -0.488 e. The maximum absolute atomic E-state index is 13.1. The van der Waals surface area contributed by atoms with Gasteiger partial charge in [-0.3, -0.25) is 0 Å². The van der Waals surface area contributed by atoms with Crippen LogP contribution in [-0.2, 0) is 0 Å². The third kappa shape index (κ3) is 6.94. The molecule has 0 amide bonds. The molecule has 0 radical (unpaired) electrons. The van der Waals surface area contributed by atoms with Gasteiger partial charge >= 0.3 is 0 Å². The molecule has 1 unspecified atom stereocenters. The van der Waals surface area contributed by atoms with E-state index >= 15 is 0 Å². The number of benzene rings is 1. The summed E-state index contributed by atoms with van der Waals surface area (Å²) in [5.74, 6) is 0.821. The number of halogens is 1. The smallest absolute Gasteiger partial charge is 0.191 e. The van der Waals surface area contributed by atoms with E-state index in [1.54, 1.807) is 12.1 Å². The number of aliphatic imine (C=N–C) groups is 1. The topological polar surface area (TPSA) is 65.9 Å². The number of nitrogens with one attached hydrogen (secondary N) is 2. The molecule has 1 aromatic rings. The Morgan fingerprint density at radius 3 is 2.81 bits per heavy atom. The molecule has 1 rings (SSSR count). The van der Waals surface area contributed by atoms with Gasteiger partial charge in [0.25, 0.3) is 0 Å². The predicted molar refractivity (Wildman–Crippen MR) is 82.2 cm³/mol. The summed E-state index contributed by atoms with van der Waals surface area (Å²) >= 11 is 0. The average molecular weight is 297 g/mol. The van der Waals surface area contributed by atoms with Gasteiger partial charge in [-0.05, 0) is 25.5 Å². The van der Waals surface area contributed by atoms with Gasteiger partial charge in [0, 0.05) is 19.2 Å². The number of aliphatic hydroxyl groups is 1. The molecule has 1 atom stereocenters. The maximum atomic E-state index is 13.1. The number of hydrogen-bond donors (Lipinski definition) is 3. The van der Waals surface area contributed by atoms with E-state index < -0.39 is 0 Å². The van der Waals surface area contributed by atoms with Crippen LogP contribution in [0.4, 0.5) is 4.39 Å². The monoisotopic (exact) mass is 297 g/mol. The Hall–Kier alpha value is -1.82. The van der Waals surface area contributed by atoms with E-state index in [4.69, 9.17) is 9.84 Å². The fourth-order valence-electron chi connectivity index (χ4n) is 1.69. The minimum absolute atomic E-state index is 0.0431. The summed E-state index contributed by atoms with van der Waals surface area (Å²) in [7, 11) is 0. The summed E-state index contributed by atoms with van der Waals surface area (Å²) in [6.07, 6.45) is 0.635. The maximum Gasteiger partial charge on any atom is 0.191 e. The zero-order chi connectivity index (χ0) is 15.5. The summed E-state index contributed by atoms with van der Waals surface area (Å²) in [4.78, 5) is 4.41. The van der Waals surface area contributed by atoms with Gasteiger partial charge in [0.2, 0.25) is 0 Å². The SMILES string of the molecule is CCNC(=NCC(CC)Oc1cccc(F)c1)NCCO. The van der Waals surface area contributed by atoms with Crippen LogP contribution in [0.15, 0.2) is 29.3 Å². The molecule has 0 saturated heterocycles. The number of aliphatic hydroxyl groups excluding tert-OH is 1. The Labute approximate surface area is 125 Å². The first kappa shape index (κ1) is 17.2. The van der Waals surface area contributed by atoms with Crippen molar-refractivity contribution in [1.82, 2.24) is 10.6 Å². The lowest BCUT2D eigenvalue weighted by molar-refractivity contribution is 0.205. The van der Waals surface area contributed by atoms with Crippen molar-refractivity contribution >= 4 is 5.96 Å². The molecular weight excluding hydrogens is 273 g/mol. The number of nitrogens with zero attached hydrogens (tertiary/aromatic N) is 1. The highest BCUT2D eigenvalue weighted by Gasteiger charge is 2.09. The molecule has 0 saturated carbocycles. The van der Waals surface area contributed by atoms with Crippen LogP contribution in [0.3, 0.4) is 0 Å². The molecule has 118 valence electrons. The highest BCUT2D eigenvalue weighted by atomic mass is 19.1. The molecule has 0 fully saturated rings. The normalized spacial score (nSPS) is 12.9. The van der Waals surface area contributed by atoms with Crippen LogP contribution in [0, 0.1) is 5.82 Å². The van der Waals surface area contributed by atoms with Crippen molar-refractivity contribution in [2.24, 2.45) is 4.99 Å². The summed E-state index contributed by atoms with van der Waals surface area (Å²) in [5, 5.41) is 14.9. The van der Waals surface area contributed by atoms with Gasteiger partial charge in [-0.1, -0.05) is 13.0 Å². The molecule has 1 aromatic carbocycles. The number of ether oxygens (including phenoxy) is 1. The fourth-order valence-corrected chi connectivity index (χ4v) is 1.69. The van der Waals surface area contributed by atoms with Crippen LogP contribution >= 0.6 is 0 Å². The molecule has 0 heterocycles. The van der Waals surface area contributed by atoms with Crippen LogP contribution in [-0.4, -0.2) is 43.4 Å². The van der Waals surface area contributed by atoms with Gasteiger partial charge in [0.15, 0.2) is 5.96 Å². The van der Waals surface area contributed by atoms with Gasteiger partial charge in [-0.2, -0.15) is 0 Å². The van der Waals surface area contributed by atoms with Gasteiger partial charge in [0.1, 0.15) is 17.7 Å². The van der Waals surface area contributed by atoms with Gasteiger partial charge in [-0.15, -0.1) is 0 Å². The average Bonchev–Trinajstić information content (AvgIpc) is 2.48. The van der Waals surface area contributed by atoms with E-state index in [1.165, 1.54) is 12.1 Å². The van der Waals surface area contributed by atoms with Crippen molar-refractivity contribution < 1.29 is 14.2 Å². The fraction of sp³-hybridized carbons (Fsp3) is 0.533.